The van der Waals surface area contributed by atoms with Gasteiger partial charge in [-0.3, -0.25) is 9.69 Å². The van der Waals surface area contributed by atoms with Gasteiger partial charge < -0.3 is 5.73 Å². The number of benzene rings is 2. The Morgan fingerprint density at radius 1 is 1.23 bits per heavy atom. The summed E-state index contributed by atoms with van der Waals surface area (Å²) in [5, 5.41) is 0.758. The standard InChI is InChI=1S/C25H30ClFN2O/c1-25(2,19-6-3-7-20(26)13-19)29-10-4-5-16(15-29)11-18-12-23(27)22(24(28)30)14-21(18)17-8-9-17/h3,6-7,12-14,16-17H,4-5,8-11,15H2,1-2H3,(H2,28,30)/t16-/m0/s1. The number of primary amides is 1. The van der Waals surface area contributed by atoms with Crippen LogP contribution < -0.4 is 5.73 Å². The summed E-state index contributed by atoms with van der Waals surface area (Å²) in [5.41, 5.74) is 8.66. The van der Waals surface area contributed by atoms with Gasteiger partial charge in [-0.05, 0) is 105 Å². The Kier molecular flexibility index (Phi) is 5.91. The van der Waals surface area contributed by atoms with Gasteiger partial charge in [-0.25, -0.2) is 4.39 Å². The zero-order valence-electron chi connectivity index (χ0n) is 17.8. The number of hydrogen-bond donors (Lipinski definition) is 1. The van der Waals surface area contributed by atoms with Crippen LogP contribution >= 0.6 is 11.6 Å². The van der Waals surface area contributed by atoms with Crippen molar-refractivity contribution in [2.45, 2.75) is 57.4 Å². The van der Waals surface area contributed by atoms with Gasteiger partial charge in [-0.2, -0.15) is 0 Å². The van der Waals surface area contributed by atoms with Crippen LogP contribution in [0.15, 0.2) is 36.4 Å². The number of hydrogen-bond acceptors (Lipinski definition) is 2. The first kappa shape index (κ1) is 21.3. The summed E-state index contributed by atoms with van der Waals surface area (Å²) < 4.78 is 14.5. The fourth-order valence-corrected chi connectivity index (χ4v) is 5.06. The zero-order valence-corrected chi connectivity index (χ0v) is 18.5. The van der Waals surface area contributed by atoms with E-state index < -0.39 is 11.7 Å². The Morgan fingerprint density at radius 2 is 2.00 bits per heavy atom. The normalized spacial score (nSPS) is 20.3. The van der Waals surface area contributed by atoms with E-state index in [2.05, 4.69) is 24.8 Å². The molecule has 1 saturated heterocycles. The van der Waals surface area contributed by atoms with E-state index in [1.165, 1.54) is 5.56 Å². The smallest absolute Gasteiger partial charge is 0.251 e. The van der Waals surface area contributed by atoms with Crippen molar-refractivity contribution in [3.63, 3.8) is 0 Å². The SMILES string of the molecule is CC(C)(c1cccc(Cl)c1)N1CCC[C@@H](Cc2cc(F)c(C(N)=O)cc2C2CC2)C1. The monoisotopic (exact) mass is 428 g/mol. The molecule has 1 aliphatic carbocycles. The van der Waals surface area contributed by atoms with E-state index in [-0.39, 0.29) is 11.1 Å². The van der Waals surface area contributed by atoms with Crippen LogP contribution in [0.2, 0.25) is 5.02 Å². The molecule has 4 rings (SSSR count). The predicted molar refractivity (Wildman–Crippen MR) is 119 cm³/mol. The van der Waals surface area contributed by atoms with Gasteiger partial charge in [0.25, 0.3) is 5.91 Å². The van der Waals surface area contributed by atoms with Crippen molar-refractivity contribution in [2.24, 2.45) is 11.7 Å². The first-order valence-electron chi connectivity index (χ1n) is 10.9. The molecule has 2 aromatic carbocycles. The highest BCUT2D eigenvalue weighted by Crippen LogP contribution is 2.43. The second kappa shape index (κ2) is 8.32. The fourth-order valence-electron chi connectivity index (χ4n) is 4.87. The number of nitrogens with zero attached hydrogens (tertiary/aromatic N) is 1. The Hall–Kier alpha value is -1.91. The summed E-state index contributed by atoms with van der Waals surface area (Å²) in [6.07, 6.45) is 5.30. The van der Waals surface area contributed by atoms with Crippen molar-refractivity contribution >= 4 is 17.5 Å². The van der Waals surface area contributed by atoms with Crippen LogP contribution in [0.4, 0.5) is 4.39 Å². The molecule has 1 atom stereocenters. The summed E-state index contributed by atoms with van der Waals surface area (Å²) in [7, 11) is 0. The number of likely N-dealkylation sites (tertiary alicyclic amines) is 1. The lowest BCUT2D eigenvalue weighted by Crippen LogP contribution is -2.47. The molecule has 2 aliphatic rings. The van der Waals surface area contributed by atoms with E-state index >= 15 is 0 Å². The second-order valence-corrected chi connectivity index (χ2v) is 9.83. The first-order chi connectivity index (χ1) is 14.3. The topological polar surface area (TPSA) is 46.3 Å². The Bertz CT molecular complexity index is 954. The molecule has 1 saturated carbocycles. The zero-order chi connectivity index (χ0) is 21.5. The lowest BCUT2D eigenvalue weighted by Gasteiger charge is -2.44. The minimum Gasteiger partial charge on any atom is -0.366 e. The predicted octanol–water partition coefficient (Wildman–Crippen LogP) is 5.65. The molecule has 2 fully saturated rings. The van der Waals surface area contributed by atoms with E-state index in [1.807, 2.05) is 18.2 Å². The minimum atomic E-state index is -0.687. The third-order valence-corrected chi connectivity index (χ3v) is 7.10. The summed E-state index contributed by atoms with van der Waals surface area (Å²) in [4.78, 5) is 14.1. The molecule has 0 unspecified atom stereocenters. The maximum atomic E-state index is 14.5. The Labute approximate surface area is 183 Å². The van der Waals surface area contributed by atoms with E-state index in [1.54, 1.807) is 12.1 Å². The number of nitrogens with two attached hydrogens (primary N) is 1. The maximum Gasteiger partial charge on any atom is 0.251 e. The highest BCUT2D eigenvalue weighted by Gasteiger charge is 2.34. The minimum absolute atomic E-state index is 0.0213. The number of rotatable bonds is 6. The van der Waals surface area contributed by atoms with Gasteiger partial charge in [0.15, 0.2) is 0 Å². The van der Waals surface area contributed by atoms with Crippen LogP contribution in [-0.4, -0.2) is 23.9 Å². The molecule has 1 aliphatic heterocycles. The second-order valence-electron chi connectivity index (χ2n) is 9.40. The maximum absolute atomic E-state index is 14.5. The van der Waals surface area contributed by atoms with Gasteiger partial charge >= 0.3 is 0 Å². The summed E-state index contributed by atoms with van der Waals surface area (Å²) >= 11 is 6.24. The molecule has 30 heavy (non-hydrogen) atoms. The molecule has 0 spiro atoms. The molecule has 0 bridgehead atoms. The van der Waals surface area contributed by atoms with E-state index in [0.717, 1.165) is 61.3 Å². The average molecular weight is 429 g/mol. The Morgan fingerprint density at radius 3 is 2.67 bits per heavy atom. The third kappa shape index (κ3) is 4.40. The highest BCUT2D eigenvalue weighted by molar-refractivity contribution is 6.30. The first-order valence-corrected chi connectivity index (χ1v) is 11.3. The van der Waals surface area contributed by atoms with Crippen LogP contribution in [0, 0.1) is 11.7 Å². The van der Waals surface area contributed by atoms with Gasteiger partial charge in [0.2, 0.25) is 0 Å². The van der Waals surface area contributed by atoms with Gasteiger partial charge in [0.05, 0.1) is 5.56 Å². The largest absolute Gasteiger partial charge is 0.366 e. The lowest BCUT2D eigenvalue weighted by atomic mass is 9.84. The van der Waals surface area contributed by atoms with Crippen molar-refractivity contribution in [1.29, 1.82) is 0 Å². The molecule has 1 amide bonds. The quantitative estimate of drug-likeness (QED) is 0.646. The number of carbonyl (C=O) groups is 1. The van der Waals surface area contributed by atoms with Crippen molar-refractivity contribution < 1.29 is 9.18 Å². The molecule has 2 aromatic rings. The molecule has 2 N–H and O–H groups in total. The van der Waals surface area contributed by atoms with Gasteiger partial charge in [-0.1, -0.05) is 23.7 Å². The number of carbonyl (C=O) groups excluding carboxylic acids is 1. The molecular formula is C25H30ClFN2O. The summed E-state index contributed by atoms with van der Waals surface area (Å²) in [6, 6.07) is 11.4. The van der Waals surface area contributed by atoms with Crippen LogP contribution in [0.25, 0.3) is 0 Å². The summed E-state index contributed by atoms with van der Waals surface area (Å²) in [5.74, 6) is -0.281. The Balaban J connectivity index is 1.55. The molecule has 160 valence electrons. The average Bonchev–Trinajstić information content (AvgIpc) is 3.53. The van der Waals surface area contributed by atoms with Gasteiger partial charge in [0, 0.05) is 17.1 Å². The lowest BCUT2D eigenvalue weighted by molar-refractivity contribution is 0.0648. The van der Waals surface area contributed by atoms with Crippen molar-refractivity contribution in [3.05, 3.63) is 69.5 Å². The fraction of sp³-hybridized carbons (Fsp3) is 0.480. The molecule has 3 nitrogen and oxygen atoms in total. The van der Waals surface area contributed by atoms with E-state index in [9.17, 15) is 9.18 Å². The van der Waals surface area contributed by atoms with Crippen LogP contribution in [0.5, 0.6) is 0 Å². The molecule has 1 heterocycles. The number of halogens is 2. The molecule has 0 radical (unpaired) electrons. The van der Waals surface area contributed by atoms with E-state index in [4.69, 9.17) is 17.3 Å². The third-order valence-electron chi connectivity index (χ3n) is 6.86. The number of piperidine rings is 1. The van der Waals surface area contributed by atoms with Crippen LogP contribution in [0.1, 0.15) is 72.5 Å². The highest BCUT2D eigenvalue weighted by atomic mass is 35.5. The van der Waals surface area contributed by atoms with Crippen molar-refractivity contribution in [3.8, 4) is 0 Å². The molecule has 0 aromatic heterocycles. The van der Waals surface area contributed by atoms with Crippen LogP contribution in [-0.2, 0) is 12.0 Å². The van der Waals surface area contributed by atoms with Crippen LogP contribution in [0.3, 0.4) is 0 Å². The number of amides is 1. The molecular weight excluding hydrogens is 399 g/mol. The van der Waals surface area contributed by atoms with Crippen molar-refractivity contribution in [1.82, 2.24) is 4.90 Å². The van der Waals surface area contributed by atoms with Crippen molar-refractivity contribution in [2.75, 3.05) is 13.1 Å². The van der Waals surface area contributed by atoms with Gasteiger partial charge in [0.1, 0.15) is 5.82 Å². The molecule has 5 heteroatoms. The van der Waals surface area contributed by atoms with E-state index in [0.29, 0.717) is 11.8 Å². The summed E-state index contributed by atoms with van der Waals surface area (Å²) in [6.45, 7) is 6.50. The van der Waals surface area contributed by atoms with Gasteiger partial charge in [-0.15, -0.1) is 0 Å².